The summed E-state index contributed by atoms with van der Waals surface area (Å²) < 4.78 is 84.3. The van der Waals surface area contributed by atoms with Gasteiger partial charge in [0.05, 0.1) is 24.0 Å². The zero-order valence-electron chi connectivity index (χ0n) is 19.9. The molecule has 9 nitrogen and oxygen atoms in total. The maximum Gasteiger partial charge on any atom is 0.435 e. The van der Waals surface area contributed by atoms with E-state index in [-0.39, 0.29) is 35.0 Å². The maximum absolute atomic E-state index is 13.0. The first kappa shape index (κ1) is 25.9. The molecule has 0 amide bonds. The SMILES string of the molecule is Cc1cc(C(F)(F)F)nn1-c1ccc(Cn2c(=O)[nH]c3cnc(-c4cccnc4OCC(F)(F)F)nc32)cc1. The van der Waals surface area contributed by atoms with E-state index in [0.717, 1.165) is 10.7 Å². The number of fused-ring (bicyclic) bond motifs is 1. The fourth-order valence-corrected chi connectivity index (χ4v) is 3.85. The maximum atomic E-state index is 13.0. The summed E-state index contributed by atoms with van der Waals surface area (Å²) in [6.45, 7) is -0.0214. The van der Waals surface area contributed by atoms with Crippen LogP contribution in [0, 0.1) is 6.92 Å². The van der Waals surface area contributed by atoms with Crippen molar-refractivity contribution in [2.24, 2.45) is 0 Å². The highest BCUT2D eigenvalue weighted by atomic mass is 19.4. The number of aromatic amines is 1. The molecule has 0 aliphatic heterocycles. The second-order valence-electron chi connectivity index (χ2n) is 8.45. The summed E-state index contributed by atoms with van der Waals surface area (Å²) in [5.41, 5.74) is 0.348. The largest absolute Gasteiger partial charge is 0.467 e. The van der Waals surface area contributed by atoms with E-state index in [0.29, 0.717) is 16.9 Å². The molecule has 0 unspecified atom stereocenters. The summed E-state index contributed by atoms with van der Waals surface area (Å²) in [5.74, 6) is -0.331. The minimum atomic E-state index is -4.58. The summed E-state index contributed by atoms with van der Waals surface area (Å²) in [5, 5.41) is 3.62. The van der Waals surface area contributed by atoms with Crippen LogP contribution >= 0.6 is 0 Å². The van der Waals surface area contributed by atoms with E-state index >= 15 is 0 Å². The van der Waals surface area contributed by atoms with Crippen LogP contribution in [0.15, 0.2) is 59.7 Å². The molecule has 5 rings (SSSR count). The van der Waals surface area contributed by atoms with Crippen LogP contribution in [0.3, 0.4) is 0 Å². The number of ether oxygens (including phenoxy) is 1. The highest BCUT2D eigenvalue weighted by molar-refractivity contribution is 5.74. The van der Waals surface area contributed by atoms with E-state index in [9.17, 15) is 31.1 Å². The molecule has 15 heteroatoms. The smallest absolute Gasteiger partial charge is 0.435 e. The van der Waals surface area contributed by atoms with Gasteiger partial charge in [0, 0.05) is 11.9 Å². The number of rotatable bonds is 6. The number of nitrogens with one attached hydrogen (secondary N) is 1. The third-order valence-corrected chi connectivity index (χ3v) is 5.60. The Morgan fingerprint density at radius 3 is 2.44 bits per heavy atom. The lowest BCUT2D eigenvalue weighted by Crippen LogP contribution is -2.20. The van der Waals surface area contributed by atoms with Gasteiger partial charge >= 0.3 is 18.0 Å². The van der Waals surface area contributed by atoms with Gasteiger partial charge in [0.2, 0.25) is 5.88 Å². The standard InChI is InChI=1S/C24H17F6N7O2/c1-13-9-18(24(28,29)30)35-37(13)15-6-4-14(5-7-15)11-36-20-17(33-22(36)38)10-32-19(34-20)16-3-2-8-31-21(16)39-12-23(25,26)27/h2-10H,11-12H2,1H3,(H,33,38). The third kappa shape index (κ3) is 5.46. The lowest BCUT2D eigenvalue weighted by atomic mass is 10.2. The van der Waals surface area contributed by atoms with Gasteiger partial charge in [-0.3, -0.25) is 4.57 Å². The summed E-state index contributed by atoms with van der Waals surface area (Å²) >= 11 is 0. The van der Waals surface area contributed by atoms with Crippen molar-refractivity contribution in [3.05, 3.63) is 82.3 Å². The van der Waals surface area contributed by atoms with E-state index in [1.165, 1.54) is 36.0 Å². The molecule has 4 heterocycles. The highest BCUT2D eigenvalue weighted by Gasteiger charge is 2.34. The first-order valence-electron chi connectivity index (χ1n) is 11.2. The first-order chi connectivity index (χ1) is 18.4. The molecule has 4 aromatic heterocycles. The van der Waals surface area contributed by atoms with E-state index in [1.807, 2.05) is 0 Å². The van der Waals surface area contributed by atoms with Crippen molar-refractivity contribution in [2.75, 3.05) is 6.61 Å². The second-order valence-corrected chi connectivity index (χ2v) is 8.45. The Balaban J connectivity index is 1.45. The number of pyridine rings is 1. The zero-order chi connectivity index (χ0) is 27.9. The number of hydrogen-bond donors (Lipinski definition) is 1. The molecule has 5 aromatic rings. The predicted molar refractivity (Wildman–Crippen MR) is 125 cm³/mol. The van der Waals surface area contributed by atoms with E-state index in [1.54, 1.807) is 24.3 Å². The van der Waals surface area contributed by atoms with Gasteiger partial charge < -0.3 is 9.72 Å². The monoisotopic (exact) mass is 549 g/mol. The molecule has 0 aliphatic carbocycles. The molecule has 0 saturated carbocycles. The van der Waals surface area contributed by atoms with Crippen molar-refractivity contribution in [1.82, 2.24) is 34.3 Å². The van der Waals surface area contributed by atoms with Crippen LogP contribution in [0.4, 0.5) is 26.3 Å². The number of aromatic nitrogens is 7. The summed E-state index contributed by atoms with van der Waals surface area (Å²) in [4.78, 5) is 27.6. The van der Waals surface area contributed by atoms with Crippen molar-refractivity contribution in [3.63, 3.8) is 0 Å². The Hall–Kier alpha value is -4.69. The average molecular weight is 549 g/mol. The third-order valence-electron chi connectivity index (χ3n) is 5.60. The fraction of sp³-hybridized carbons (Fsp3) is 0.208. The number of halogens is 6. The molecular formula is C24H17F6N7O2. The Morgan fingerprint density at radius 2 is 1.77 bits per heavy atom. The normalized spacial score (nSPS) is 12.3. The van der Waals surface area contributed by atoms with Crippen LogP contribution in [0.2, 0.25) is 0 Å². The van der Waals surface area contributed by atoms with Crippen LogP contribution in [0.1, 0.15) is 17.0 Å². The summed E-state index contributed by atoms with van der Waals surface area (Å²) in [7, 11) is 0. The van der Waals surface area contributed by atoms with E-state index in [2.05, 4.69) is 25.0 Å². The van der Waals surface area contributed by atoms with Gasteiger partial charge in [-0.1, -0.05) is 12.1 Å². The van der Waals surface area contributed by atoms with Crippen LogP contribution in [0.25, 0.3) is 28.2 Å². The highest BCUT2D eigenvalue weighted by Crippen LogP contribution is 2.30. The molecule has 1 N–H and O–H groups in total. The van der Waals surface area contributed by atoms with Crippen molar-refractivity contribution in [2.45, 2.75) is 25.8 Å². The fourth-order valence-electron chi connectivity index (χ4n) is 3.85. The molecule has 202 valence electrons. The summed E-state index contributed by atoms with van der Waals surface area (Å²) in [6.07, 6.45) is -6.57. The molecule has 0 spiro atoms. The van der Waals surface area contributed by atoms with Crippen molar-refractivity contribution >= 4 is 11.2 Å². The minimum absolute atomic E-state index is 0.00880. The number of H-pyrrole nitrogens is 1. The van der Waals surface area contributed by atoms with Gasteiger partial charge in [-0.2, -0.15) is 31.4 Å². The minimum Gasteiger partial charge on any atom is -0.467 e. The number of benzene rings is 1. The van der Waals surface area contributed by atoms with E-state index < -0.39 is 30.3 Å². The number of aryl methyl sites for hydroxylation is 1. The number of nitrogens with zero attached hydrogens (tertiary/aromatic N) is 6. The predicted octanol–water partition coefficient (Wildman–Crippen LogP) is 4.68. The first-order valence-corrected chi connectivity index (χ1v) is 11.2. The van der Waals surface area contributed by atoms with Crippen LogP contribution < -0.4 is 10.4 Å². The molecule has 0 bridgehead atoms. The molecule has 0 fully saturated rings. The van der Waals surface area contributed by atoms with Gasteiger partial charge in [0.15, 0.2) is 23.8 Å². The van der Waals surface area contributed by atoms with Gasteiger partial charge in [0.1, 0.15) is 5.52 Å². The molecule has 0 atom stereocenters. The van der Waals surface area contributed by atoms with Crippen molar-refractivity contribution in [3.8, 4) is 23.0 Å². The average Bonchev–Trinajstić information content (AvgIpc) is 3.42. The van der Waals surface area contributed by atoms with Gasteiger partial charge in [-0.15, -0.1) is 0 Å². The van der Waals surface area contributed by atoms with Gasteiger partial charge in [-0.25, -0.2) is 24.4 Å². The Labute approximate surface area is 214 Å². The van der Waals surface area contributed by atoms with Crippen LogP contribution in [0.5, 0.6) is 5.88 Å². The topological polar surface area (TPSA) is 104 Å². The van der Waals surface area contributed by atoms with Gasteiger partial charge in [-0.05, 0) is 42.8 Å². The molecule has 39 heavy (non-hydrogen) atoms. The molecule has 0 radical (unpaired) electrons. The molecule has 1 aromatic carbocycles. The summed E-state index contributed by atoms with van der Waals surface area (Å²) in [6, 6.07) is 10.2. The molecule has 0 aliphatic rings. The van der Waals surface area contributed by atoms with Gasteiger partial charge in [0.25, 0.3) is 0 Å². The van der Waals surface area contributed by atoms with Crippen molar-refractivity contribution in [1.29, 1.82) is 0 Å². The zero-order valence-corrected chi connectivity index (χ0v) is 19.9. The van der Waals surface area contributed by atoms with Crippen LogP contribution in [-0.2, 0) is 12.7 Å². The Kier molecular flexibility index (Phi) is 6.36. The second kappa shape index (κ2) is 9.56. The number of imidazole rings is 1. The molecule has 0 saturated heterocycles. The quantitative estimate of drug-likeness (QED) is 0.309. The Morgan fingerprint density at radius 1 is 1.03 bits per heavy atom. The van der Waals surface area contributed by atoms with Crippen molar-refractivity contribution < 1.29 is 31.1 Å². The number of alkyl halides is 6. The lowest BCUT2D eigenvalue weighted by molar-refractivity contribution is -0.154. The van der Waals surface area contributed by atoms with E-state index in [4.69, 9.17) is 4.74 Å². The molecular weight excluding hydrogens is 532 g/mol. The van der Waals surface area contributed by atoms with Crippen LogP contribution in [-0.4, -0.2) is 47.1 Å². The lowest BCUT2D eigenvalue weighted by Gasteiger charge is -2.11. The Bertz CT molecular complexity index is 1700. The number of hydrogen-bond acceptors (Lipinski definition) is 6.